The van der Waals surface area contributed by atoms with Crippen LogP contribution in [0.15, 0.2) is 78.9 Å². The Hall–Kier alpha value is -3.91. The number of amides is 1. The lowest BCUT2D eigenvalue weighted by atomic mass is 9.87. The highest BCUT2D eigenvalue weighted by Crippen LogP contribution is 2.39. The first-order valence-corrected chi connectivity index (χ1v) is 17.3. The van der Waals surface area contributed by atoms with E-state index in [4.69, 9.17) is 46.9 Å². The van der Waals surface area contributed by atoms with Crippen LogP contribution < -0.4 is 19.5 Å². The summed E-state index contributed by atoms with van der Waals surface area (Å²) in [7, 11) is 1.69. The van der Waals surface area contributed by atoms with E-state index in [1.807, 2.05) is 82.3 Å². The quantitative estimate of drug-likeness (QED) is 0.117. The highest BCUT2D eigenvalue weighted by molar-refractivity contribution is 6.37. The van der Waals surface area contributed by atoms with Gasteiger partial charge in [-0.3, -0.25) is 0 Å². The Bertz CT molecular complexity index is 1630. The molecule has 4 aromatic rings. The molecule has 0 radical (unpaired) electrons. The van der Waals surface area contributed by atoms with Crippen molar-refractivity contribution in [3.05, 3.63) is 111 Å². The zero-order valence-electron chi connectivity index (χ0n) is 29.2. The van der Waals surface area contributed by atoms with Gasteiger partial charge in [0.25, 0.3) is 0 Å². The molecule has 0 aliphatic rings. The smallest absolute Gasteiger partial charge is 0.407 e. The molecule has 0 heterocycles. The van der Waals surface area contributed by atoms with Crippen LogP contribution in [0.3, 0.4) is 0 Å². The van der Waals surface area contributed by atoms with Gasteiger partial charge >= 0.3 is 6.09 Å². The molecule has 0 spiro atoms. The number of nitrogens with one attached hydrogen (secondary N) is 1. The van der Waals surface area contributed by atoms with E-state index in [-0.39, 0.29) is 19.1 Å². The van der Waals surface area contributed by atoms with E-state index in [1.54, 1.807) is 7.11 Å². The van der Waals surface area contributed by atoms with Crippen molar-refractivity contribution in [1.82, 2.24) is 5.32 Å². The van der Waals surface area contributed by atoms with Crippen LogP contribution in [0.1, 0.15) is 55.4 Å². The topological polar surface area (TPSA) is 75.3 Å². The van der Waals surface area contributed by atoms with Crippen LogP contribution in [0.2, 0.25) is 10.0 Å². The fourth-order valence-corrected chi connectivity index (χ4v) is 6.17. The Morgan fingerprint density at radius 3 is 2.10 bits per heavy atom. The van der Waals surface area contributed by atoms with Crippen LogP contribution >= 0.6 is 23.2 Å². The summed E-state index contributed by atoms with van der Waals surface area (Å²) in [6.45, 7) is 11.7. The number of ether oxygens (including phenoxy) is 5. The molecular formula is C40H47Cl2NO6. The fourth-order valence-electron chi connectivity index (χ4n) is 5.47. The lowest BCUT2D eigenvalue weighted by molar-refractivity contribution is 0.130. The van der Waals surface area contributed by atoms with Gasteiger partial charge in [-0.2, -0.15) is 0 Å². The zero-order chi connectivity index (χ0) is 35.4. The SMILES string of the molecule is COCCCOc1c(-c2ccccc2)ccc(C(COC(=O)NC(C)(C)C)Cc2ccc(OCCOc3c(Cl)cc(C)cc3Cl)cc2)c1C. The van der Waals surface area contributed by atoms with Gasteiger partial charge in [-0.25, -0.2) is 4.79 Å². The van der Waals surface area contributed by atoms with Gasteiger partial charge in [-0.1, -0.05) is 77.8 Å². The second kappa shape index (κ2) is 18.2. The van der Waals surface area contributed by atoms with Crippen molar-refractivity contribution in [3.8, 4) is 28.4 Å². The van der Waals surface area contributed by atoms with Gasteiger partial charge in [-0.05, 0) is 93.1 Å². The summed E-state index contributed by atoms with van der Waals surface area (Å²) in [5.74, 6) is 1.85. The van der Waals surface area contributed by atoms with E-state index >= 15 is 0 Å². The summed E-state index contributed by atoms with van der Waals surface area (Å²) in [6, 6.07) is 26.0. The van der Waals surface area contributed by atoms with Gasteiger partial charge in [0.05, 0.1) is 16.7 Å². The largest absolute Gasteiger partial charge is 0.493 e. The summed E-state index contributed by atoms with van der Waals surface area (Å²) in [5.41, 5.74) is 5.77. The molecule has 0 aromatic heterocycles. The molecule has 4 rings (SSSR count). The second-order valence-corrected chi connectivity index (χ2v) is 13.8. The third-order valence-corrected chi connectivity index (χ3v) is 8.31. The third-order valence-electron chi connectivity index (χ3n) is 7.75. The molecule has 7 nitrogen and oxygen atoms in total. The van der Waals surface area contributed by atoms with Crippen molar-refractivity contribution in [2.75, 3.05) is 40.1 Å². The molecule has 1 unspecified atom stereocenters. The van der Waals surface area contributed by atoms with Gasteiger partial charge in [0, 0.05) is 37.2 Å². The molecule has 0 bridgehead atoms. The van der Waals surface area contributed by atoms with Crippen LogP contribution in [0.5, 0.6) is 17.2 Å². The maximum atomic E-state index is 12.7. The first kappa shape index (κ1) is 37.9. The van der Waals surface area contributed by atoms with Crippen molar-refractivity contribution in [2.45, 2.75) is 58.9 Å². The van der Waals surface area contributed by atoms with Gasteiger partial charge in [0.1, 0.15) is 31.3 Å². The standard InChI is InChI=1S/C40H47Cl2NO6/c1-27-23-35(41)38(36(42)24-27)48-22-21-46-32-15-13-29(14-16-32)25-31(26-49-39(44)43-40(3,4)5)33-17-18-34(30-11-8-7-9-12-30)37(28(33)2)47-20-10-19-45-6/h7-9,11-18,23-24,31H,10,19-22,25-26H2,1-6H3,(H,43,44). The minimum absolute atomic E-state index is 0.138. The van der Waals surface area contributed by atoms with E-state index in [1.165, 1.54) is 0 Å². The number of aryl methyl sites for hydroxylation is 1. The van der Waals surface area contributed by atoms with Gasteiger partial charge in [0.15, 0.2) is 5.75 Å². The molecule has 262 valence electrons. The number of halogens is 2. The molecule has 1 N–H and O–H groups in total. The van der Waals surface area contributed by atoms with Gasteiger partial charge in [-0.15, -0.1) is 0 Å². The Labute approximate surface area is 300 Å². The first-order chi connectivity index (χ1) is 23.4. The minimum Gasteiger partial charge on any atom is -0.493 e. The fraction of sp³-hybridized carbons (Fsp3) is 0.375. The summed E-state index contributed by atoms with van der Waals surface area (Å²) in [6.07, 6.45) is 0.943. The second-order valence-electron chi connectivity index (χ2n) is 13.0. The highest BCUT2D eigenvalue weighted by atomic mass is 35.5. The number of benzene rings is 4. The summed E-state index contributed by atoms with van der Waals surface area (Å²) >= 11 is 12.6. The molecule has 0 aliphatic carbocycles. The van der Waals surface area contributed by atoms with E-state index in [0.717, 1.165) is 45.6 Å². The maximum absolute atomic E-state index is 12.7. The molecule has 9 heteroatoms. The van der Waals surface area contributed by atoms with Crippen molar-refractivity contribution in [2.24, 2.45) is 0 Å². The molecule has 0 aliphatic heterocycles. The normalized spacial score (nSPS) is 11.9. The molecule has 4 aromatic carbocycles. The maximum Gasteiger partial charge on any atom is 0.407 e. The lowest BCUT2D eigenvalue weighted by Gasteiger charge is -2.25. The van der Waals surface area contributed by atoms with Gasteiger partial charge < -0.3 is 29.0 Å². The Balaban J connectivity index is 1.52. The molecule has 49 heavy (non-hydrogen) atoms. The van der Waals surface area contributed by atoms with Crippen LogP contribution in [0, 0.1) is 13.8 Å². The summed E-state index contributed by atoms with van der Waals surface area (Å²) < 4.78 is 29.2. The van der Waals surface area contributed by atoms with Crippen molar-refractivity contribution >= 4 is 29.3 Å². The average molecular weight is 709 g/mol. The predicted molar refractivity (Wildman–Crippen MR) is 198 cm³/mol. The van der Waals surface area contributed by atoms with Crippen LogP contribution in [0.25, 0.3) is 11.1 Å². The monoisotopic (exact) mass is 707 g/mol. The molecule has 1 atom stereocenters. The number of hydrogen-bond donors (Lipinski definition) is 1. The summed E-state index contributed by atoms with van der Waals surface area (Å²) in [4.78, 5) is 12.7. The van der Waals surface area contributed by atoms with E-state index < -0.39 is 11.6 Å². The highest BCUT2D eigenvalue weighted by Gasteiger charge is 2.23. The number of alkyl carbamates (subject to hydrolysis) is 1. The van der Waals surface area contributed by atoms with E-state index in [9.17, 15) is 4.79 Å². The molecular weight excluding hydrogens is 661 g/mol. The summed E-state index contributed by atoms with van der Waals surface area (Å²) in [5, 5.41) is 3.84. The van der Waals surface area contributed by atoms with Crippen molar-refractivity contribution < 1.29 is 28.5 Å². The lowest BCUT2D eigenvalue weighted by Crippen LogP contribution is -2.41. The Kier molecular flexibility index (Phi) is 14.1. The molecule has 0 fully saturated rings. The third kappa shape index (κ3) is 11.6. The van der Waals surface area contributed by atoms with Crippen molar-refractivity contribution in [1.29, 1.82) is 0 Å². The number of carbonyl (C=O) groups is 1. The van der Waals surface area contributed by atoms with E-state index in [0.29, 0.717) is 47.8 Å². The number of rotatable bonds is 16. The number of hydrogen-bond acceptors (Lipinski definition) is 6. The zero-order valence-corrected chi connectivity index (χ0v) is 30.7. The number of methoxy groups -OCH3 is 1. The van der Waals surface area contributed by atoms with Crippen LogP contribution in [-0.2, 0) is 15.9 Å². The Morgan fingerprint density at radius 1 is 0.796 bits per heavy atom. The Morgan fingerprint density at radius 2 is 1.45 bits per heavy atom. The molecule has 0 saturated carbocycles. The number of carbonyl (C=O) groups excluding carboxylic acids is 1. The predicted octanol–water partition coefficient (Wildman–Crippen LogP) is 10.0. The first-order valence-electron chi connectivity index (χ1n) is 16.5. The minimum atomic E-state index is -0.453. The average Bonchev–Trinajstić information content (AvgIpc) is 3.05. The van der Waals surface area contributed by atoms with Crippen LogP contribution in [-0.4, -0.2) is 51.8 Å². The molecule has 1 amide bonds. The van der Waals surface area contributed by atoms with Gasteiger partial charge in [0.2, 0.25) is 0 Å². The molecule has 0 saturated heterocycles. The van der Waals surface area contributed by atoms with Crippen molar-refractivity contribution in [3.63, 3.8) is 0 Å². The van der Waals surface area contributed by atoms with E-state index in [2.05, 4.69) is 36.5 Å². The van der Waals surface area contributed by atoms with Crippen LogP contribution in [0.4, 0.5) is 4.79 Å².